The van der Waals surface area contributed by atoms with E-state index in [0.29, 0.717) is 12.8 Å². The van der Waals surface area contributed by atoms with E-state index in [0.717, 1.165) is 0 Å². The van der Waals surface area contributed by atoms with Gasteiger partial charge in [-0.3, -0.25) is 14.5 Å². The van der Waals surface area contributed by atoms with E-state index in [2.05, 4.69) is 0 Å². The summed E-state index contributed by atoms with van der Waals surface area (Å²) in [5.41, 5.74) is 0. The average Bonchev–Trinajstić information content (AvgIpc) is 2.46. The maximum absolute atomic E-state index is 11.8. The van der Waals surface area contributed by atoms with Gasteiger partial charge in [-0.05, 0) is 18.8 Å². The van der Waals surface area contributed by atoms with Gasteiger partial charge >= 0.3 is 0 Å². The lowest BCUT2D eigenvalue weighted by Crippen LogP contribution is -2.29. The molecule has 2 amide bonds. The van der Waals surface area contributed by atoms with Crippen molar-refractivity contribution in [3.05, 3.63) is 12.2 Å². The number of likely N-dealkylation sites (tertiary alicyclic amines) is 1. The highest BCUT2D eigenvalue weighted by Gasteiger charge is 2.49. The third-order valence-electron chi connectivity index (χ3n) is 3.39. The summed E-state index contributed by atoms with van der Waals surface area (Å²) in [4.78, 5) is 24.8. The Hall–Kier alpha value is -1.16. The summed E-state index contributed by atoms with van der Waals surface area (Å²) in [5, 5.41) is 8.91. The molecule has 0 aromatic carbocycles. The van der Waals surface area contributed by atoms with Crippen LogP contribution in [-0.4, -0.2) is 35.5 Å². The minimum Gasteiger partial charge on any atom is -0.396 e. The molecule has 4 nitrogen and oxygen atoms in total. The molecule has 0 aromatic rings. The molecule has 1 N–H and O–H groups in total. The van der Waals surface area contributed by atoms with Crippen LogP contribution in [-0.2, 0) is 9.59 Å². The Morgan fingerprint density at radius 3 is 2.87 bits per heavy atom. The summed E-state index contributed by atoms with van der Waals surface area (Å²) < 4.78 is 0. The van der Waals surface area contributed by atoms with E-state index in [9.17, 15) is 9.59 Å². The van der Waals surface area contributed by atoms with Crippen molar-refractivity contribution < 1.29 is 14.7 Å². The van der Waals surface area contributed by atoms with Gasteiger partial charge in [0.25, 0.3) is 0 Å². The van der Waals surface area contributed by atoms with Gasteiger partial charge in [0.1, 0.15) is 0 Å². The number of rotatable bonds is 2. The molecule has 0 bridgehead atoms. The van der Waals surface area contributed by atoms with Crippen LogP contribution in [0.2, 0.25) is 0 Å². The highest BCUT2D eigenvalue weighted by Crippen LogP contribution is 2.39. The lowest BCUT2D eigenvalue weighted by molar-refractivity contribution is -0.138. The molecule has 3 atom stereocenters. The number of allylic oxidation sites excluding steroid dienone is 2. The first kappa shape index (κ1) is 10.4. The number of carbonyl (C=O) groups excluding carboxylic acids is 2. The maximum atomic E-state index is 11.8. The topological polar surface area (TPSA) is 57.6 Å². The van der Waals surface area contributed by atoms with Crippen molar-refractivity contribution in [2.75, 3.05) is 13.7 Å². The zero-order valence-corrected chi connectivity index (χ0v) is 8.72. The fraction of sp³-hybridized carbons (Fsp3) is 0.636. The van der Waals surface area contributed by atoms with Crippen LogP contribution in [0.25, 0.3) is 0 Å². The number of amides is 2. The first-order valence-corrected chi connectivity index (χ1v) is 5.25. The summed E-state index contributed by atoms with van der Waals surface area (Å²) in [6.07, 6.45) is 5.12. The Morgan fingerprint density at radius 2 is 2.20 bits per heavy atom. The zero-order valence-electron chi connectivity index (χ0n) is 8.72. The van der Waals surface area contributed by atoms with E-state index >= 15 is 0 Å². The molecule has 1 heterocycles. The number of aliphatic hydroxyl groups excluding tert-OH is 1. The van der Waals surface area contributed by atoms with Crippen molar-refractivity contribution in [1.29, 1.82) is 0 Å². The van der Waals surface area contributed by atoms with Crippen LogP contribution in [0.15, 0.2) is 12.2 Å². The molecule has 1 aliphatic carbocycles. The smallest absolute Gasteiger partial charge is 0.233 e. The number of aliphatic hydroxyl groups is 1. The Labute approximate surface area is 88.6 Å². The highest BCUT2D eigenvalue weighted by atomic mass is 16.3. The molecule has 1 aliphatic heterocycles. The van der Waals surface area contributed by atoms with Gasteiger partial charge < -0.3 is 5.11 Å². The van der Waals surface area contributed by atoms with Gasteiger partial charge in [-0.25, -0.2) is 0 Å². The first-order valence-electron chi connectivity index (χ1n) is 5.25. The molecular formula is C11H15NO3. The molecule has 0 spiro atoms. The monoisotopic (exact) mass is 209 g/mol. The Kier molecular flexibility index (Phi) is 2.61. The molecule has 4 heteroatoms. The molecule has 0 radical (unpaired) electrons. The molecule has 2 aliphatic rings. The fourth-order valence-electron chi connectivity index (χ4n) is 2.58. The summed E-state index contributed by atoms with van der Waals surface area (Å²) in [6, 6.07) is 0. The largest absolute Gasteiger partial charge is 0.396 e. The molecule has 0 aromatic heterocycles. The summed E-state index contributed by atoms with van der Waals surface area (Å²) in [5.74, 6) is -0.566. The van der Waals surface area contributed by atoms with Crippen LogP contribution >= 0.6 is 0 Å². The molecule has 82 valence electrons. The Morgan fingerprint density at radius 1 is 1.47 bits per heavy atom. The van der Waals surface area contributed by atoms with Crippen LogP contribution in [0.5, 0.6) is 0 Å². The number of hydrogen-bond acceptors (Lipinski definition) is 3. The minimum absolute atomic E-state index is 0.0233. The zero-order chi connectivity index (χ0) is 11.0. The van der Waals surface area contributed by atoms with Gasteiger partial charge in [0, 0.05) is 13.7 Å². The van der Waals surface area contributed by atoms with Crippen molar-refractivity contribution in [3.8, 4) is 0 Å². The lowest BCUT2D eigenvalue weighted by atomic mass is 9.76. The number of carbonyl (C=O) groups is 2. The van der Waals surface area contributed by atoms with E-state index in [1.54, 1.807) is 7.05 Å². The number of imide groups is 1. The molecule has 0 saturated carbocycles. The summed E-state index contributed by atoms with van der Waals surface area (Å²) in [7, 11) is 1.54. The molecule has 2 rings (SSSR count). The van der Waals surface area contributed by atoms with Crippen molar-refractivity contribution in [2.45, 2.75) is 12.8 Å². The van der Waals surface area contributed by atoms with Gasteiger partial charge in [0.15, 0.2) is 0 Å². The fourth-order valence-corrected chi connectivity index (χ4v) is 2.58. The summed E-state index contributed by atoms with van der Waals surface area (Å²) in [6.45, 7) is 0.0589. The molecule has 1 saturated heterocycles. The highest BCUT2D eigenvalue weighted by molar-refractivity contribution is 6.05. The first-order chi connectivity index (χ1) is 7.16. The van der Waals surface area contributed by atoms with Crippen LogP contribution < -0.4 is 0 Å². The summed E-state index contributed by atoms with van der Waals surface area (Å²) >= 11 is 0. The molecule has 0 unspecified atom stereocenters. The van der Waals surface area contributed by atoms with E-state index < -0.39 is 0 Å². The maximum Gasteiger partial charge on any atom is 0.233 e. The van der Waals surface area contributed by atoms with E-state index in [1.807, 2.05) is 12.2 Å². The second kappa shape index (κ2) is 3.77. The predicted molar refractivity (Wildman–Crippen MR) is 53.7 cm³/mol. The van der Waals surface area contributed by atoms with E-state index in [4.69, 9.17) is 5.11 Å². The van der Waals surface area contributed by atoms with Crippen molar-refractivity contribution in [1.82, 2.24) is 4.90 Å². The van der Waals surface area contributed by atoms with Crippen LogP contribution in [0, 0.1) is 17.8 Å². The average molecular weight is 209 g/mol. The van der Waals surface area contributed by atoms with Crippen LogP contribution in [0.1, 0.15) is 12.8 Å². The van der Waals surface area contributed by atoms with Crippen LogP contribution in [0.3, 0.4) is 0 Å². The van der Waals surface area contributed by atoms with Crippen molar-refractivity contribution >= 4 is 11.8 Å². The number of hydrogen-bond donors (Lipinski definition) is 1. The van der Waals surface area contributed by atoms with Gasteiger partial charge in [-0.1, -0.05) is 12.2 Å². The van der Waals surface area contributed by atoms with Gasteiger partial charge in [0.2, 0.25) is 11.8 Å². The SMILES string of the molecule is CN1C(=O)[C@H]2[C@@H](CCO)C=CC[C@H]2C1=O. The van der Waals surface area contributed by atoms with Crippen LogP contribution in [0.4, 0.5) is 0 Å². The van der Waals surface area contributed by atoms with Gasteiger partial charge in [-0.15, -0.1) is 0 Å². The van der Waals surface area contributed by atoms with Gasteiger partial charge in [0.05, 0.1) is 11.8 Å². The van der Waals surface area contributed by atoms with Crippen molar-refractivity contribution in [3.63, 3.8) is 0 Å². The van der Waals surface area contributed by atoms with Crippen molar-refractivity contribution in [2.24, 2.45) is 17.8 Å². The molecule has 1 fully saturated rings. The quantitative estimate of drug-likeness (QED) is 0.521. The minimum atomic E-state index is -0.236. The van der Waals surface area contributed by atoms with Gasteiger partial charge in [-0.2, -0.15) is 0 Å². The van der Waals surface area contributed by atoms with E-state index in [-0.39, 0.29) is 36.2 Å². The third-order valence-corrected chi connectivity index (χ3v) is 3.39. The Bertz CT molecular complexity index is 324. The number of fused-ring (bicyclic) bond motifs is 1. The Balaban J connectivity index is 2.26. The second-order valence-corrected chi connectivity index (χ2v) is 4.21. The lowest BCUT2D eigenvalue weighted by Gasteiger charge is -2.25. The normalized spacial score (nSPS) is 34.8. The standard InChI is InChI=1S/C11H15NO3/c1-12-10(14)8-4-2-3-7(5-6-13)9(8)11(12)15/h2-3,7-9,13H,4-6H2,1H3/t7-,8-,9+/m1/s1. The molecule has 15 heavy (non-hydrogen) atoms. The van der Waals surface area contributed by atoms with E-state index in [1.165, 1.54) is 4.90 Å². The third kappa shape index (κ3) is 1.49. The second-order valence-electron chi connectivity index (χ2n) is 4.21. The molecular weight excluding hydrogens is 194 g/mol. The number of nitrogens with zero attached hydrogens (tertiary/aromatic N) is 1. The predicted octanol–water partition coefficient (Wildman–Crippen LogP) is 0.176.